The van der Waals surface area contributed by atoms with Gasteiger partial charge >= 0.3 is 7.12 Å². The maximum absolute atomic E-state index is 16.3. The second-order valence-electron chi connectivity index (χ2n) is 12.5. The predicted octanol–water partition coefficient (Wildman–Crippen LogP) is 8.03. The van der Waals surface area contributed by atoms with Gasteiger partial charge in [0.05, 0.1) is 11.2 Å². The quantitative estimate of drug-likeness (QED) is 0.111. The first kappa shape index (κ1) is 28.8. The van der Waals surface area contributed by atoms with Crippen molar-refractivity contribution in [2.24, 2.45) is 0 Å². The highest BCUT2D eigenvalue weighted by Crippen LogP contribution is 2.46. The average Bonchev–Trinajstić information content (AvgIpc) is 3.30. The van der Waals surface area contributed by atoms with Crippen LogP contribution >= 0.6 is 7.14 Å². The first-order chi connectivity index (χ1) is 21.2. The van der Waals surface area contributed by atoms with Crippen molar-refractivity contribution >= 4 is 68.0 Å². The fourth-order valence-corrected chi connectivity index (χ4v) is 9.36. The number of hydrogen-bond acceptors (Lipinski definition) is 3. The summed E-state index contributed by atoms with van der Waals surface area (Å²) in [5.74, 6) is 0. The molecule has 6 aromatic carbocycles. The molecule has 0 N–H and O–H groups in total. The Balaban J connectivity index is 1.52. The van der Waals surface area contributed by atoms with E-state index in [9.17, 15) is 0 Å². The Labute approximate surface area is 260 Å². The van der Waals surface area contributed by atoms with Gasteiger partial charge in [-0.25, -0.2) is 0 Å². The summed E-state index contributed by atoms with van der Waals surface area (Å²) < 4.78 is 29.9. The molecule has 0 aromatic heterocycles. The Kier molecular flexibility index (Phi) is 7.13. The van der Waals surface area contributed by atoms with E-state index in [1.807, 2.05) is 61.5 Å². The molecule has 7 rings (SSSR count). The van der Waals surface area contributed by atoms with Crippen molar-refractivity contribution in [3.63, 3.8) is 0 Å². The predicted molar refractivity (Wildman–Crippen MR) is 188 cm³/mol. The summed E-state index contributed by atoms with van der Waals surface area (Å²) in [5, 5.41) is 8.76. The number of hydrogen-bond donors (Lipinski definition) is 0. The average molecular weight is 595 g/mol. The molecule has 1 unspecified atom stereocenters. The molecule has 1 aliphatic rings. The van der Waals surface area contributed by atoms with Crippen LogP contribution in [0, 0.1) is 0 Å². The van der Waals surface area contributed by atoms with Gasteiger partial charge < -0.3 is 13.9 Å². The lowest BCUT2D eigenvalue weighted by Crippen LogP contribution is -2.46. The SMILES string of the molecule is C/C=C/CC1(C)OB(c2cc3ccccc3cc2P(=O)(c2ccc3ccccc3c2)c2ccc3ccccc3c2)OC1(C)C. The molecule has 0 radical (unpaired) electrons. The maximum Gasteiger partial charge on any atom is 0.495 e. The smallest absolute Gasteiger partial charge is 0.399 e. The van der Waals surface area contributed by atoms with Crippen LogP contribution in [0.1, 0.15) is 34.1 Å². The lowest BCUT2D eigenvalue weighted by molar-refractivity contribution is -0.00676. The van der Waals surface area contributed by atoms with E-state index in [-0.39, 0.29) is 0 Å². The van der Waals surface area contributed by atoms with E-state index in [4.69, 9.17) is 9.31 Å². The van der Waals surface area contributed by atoms with Crippen molar-refractivity contribution in [1.29, 1.82) is 0 Å². The maximum atomic E-state index is 16.3. The Bertz CT molecular complexity index is 2030. The summed E-state index contributed by atoms with van der Waals surface area (Å²) >= 11 is 0. The van der Waals surface area contributed by atoms with Crippen LogP contribution in [0.4, 0.5) is 0 Å². The summed E-state index contributed by atoms with van der Waals surface area (Å²) in [6.45, 7) is 8.31. The minimum Gasteiger partial charge on any atom is -0.399 e. The molecule has 44 heavy (non-hydrogen) atoms. The molecule has 0 saturated carbocycles. The van der Waals surface area contributed by atoms with Crippen LogP contribution in [-0.4, -0.2) is 18.3 Å². The molecule has 218 valence electrons. The molecule has 0 amide bonds. The summed E-state index contributed by atoms with van der Waals surface area (Å²) in [4.78, 5) is 0. The van der Waals surface area contributed by atoms with Crippen molar-refractivity contribution < 1.29 is 13.9 Å². The molecule has 1 saturated heterocycles. The van der Waals surface area contributed by atoms with Crippen molar-refractivity contribution in [2.75, 3.05) is 0 Å². The van der Waals surface area contributed by atoms with Gasteiger partial charge in [0.25, 0.3) is 0 Å². The van der Waals surface area contributed by atoms with E-state index in [1.165, 1.54) is 0 Å². The standard InChI is InChI=1S/C39H36BO3P/c1-5-6-23-39(4)38(2,3)42-40(43-39)36-26-32-17-11-12-18-33(32)27-37(36)44(41,34-21-19-28-13-7-9-15-30(28)24-34)35-22-20-29-14-8-10-16-31(29)25-35/h5-22,24-27H,23H2,1-4H3/b6-5+. The molecule has 1 aliphatic heterocycles. The molecule has 6 aromatic rings. The Hall–Kier alpha value is -3.95. The van der Waals surface area contributed by atoms with Crippen LogP contribution in [0.2, 0.25) is 0 Å². The van der Waals surface area contributed by atoms with Gasteiger partial charge in [0, 0.05) is 15.9 Å². The van der Waals surface area contributed by atoms with Crippen LogP contribution in [0.5, 0.6) is 0 Å². The first-order valence-corrected chi connectivity index (χ1v) is 17.0. The third-order valence-corrected chi connectivity index (χ3v) is 12.5. The van der Waals surface area contributed by atoms with Crippen LogP contribution in [0.3, 0.4) is 0 Å². The highest BCUT2D eigenvalue weighted by Gasteiger charge is 2.55. The minimum absolute atomic E-state index is 0.566. The van der Waals surface area contributed by atoms with Crippen molar-refractivity contribution in [1.82, 2.24) is 0 Å². The third kappa shape index (κ3) is 4.73. The lowest BCUT2D eigenvalue weighted by Gasteiger charge is -2.35. The third-order valence-electron chi connectivity index (χ3n) is 9.47. The minimum atomic E-state index is -3.46. The van der Waals surface area contributed by atoms with E-state index >= 15 is 4.57 Å². The fraction of sp³-hybridized carbons (Fsp3) is 0.179. The van der Waals surface area contributed by atoms with Gasteiger partial charge in [0.1, 0.15) is 0 Å². The zero-order valence-corrected chi connectivity index (χ0v) is 26.6. The van der Waals surface area contributed by atoms with E-state index in [0.717, 1.165) is 53.7 Å². The van der Waals surface area contributed by atoms with Gasteiger partial charge in [-0.05, 0) is 90.1 Å². The summed E-state index contributed by atoms with van der Waals surface area (Å²) in [7, 11) is -4.14. The molecule has 1 atom stereocenters. The highest BCUT2D eigenvalue weighted by molar-refractivity contribution is 7.85. The molecule has 5 heteroatoms. The topological polar surface area (TPSA) is 35.5 Å². The summed E-state index contributed by atoms with van der Waals surface area (Å²) in [6.07, 6.45) is 4.89. The fourth-order valence-electron chi connectivity index (χ4n) is 6.44. The summed E-state index contributed by atoms with van der Waals surface area (Å²) in [6, 6.07) is 41.4. The molecule has 0 spiro atoms. The molecule has 0 bridgehead atoms. The molecule has 1 heterocycles. The van der Waals surface area contributed by atoms with Crippen molar-refractivity contribution in [2.45, 2.75) is 45.3 Å². The second-order valence-corrected chi connectivity index (χ2v) is 15.2. The van der Waals surface area contributed by atoms with Gasteiger partial charge in [0.2, 0.25) is 0 Å². The zero-order valence-electron chi connectivity index (χ0n) is 25.7. The van der Waals surface area contributed by atoms with Gasteiger partial charge in [-0.15, -0.1) is 0 Å². The number of rotatable bonds is 6. The first-order valence-electron chi connectivity index (χ1n) is 15.3. The van der Waals surface area contributed by atoms with Gasteiger partial charge in [-0.3, -0.25) is 0 Å². The van der Waals surface area contributed by atoms with Crippen LogP contribution in [0.15, 0.2) is 133 Å². The largest absolute Gasteiger partial charge is 0.495 e. The normalized spacial score (nSPS) is 18.6. The van der Waals surface area contributed by atoms with Crippen molar-refractivity contribution in [3.8, 4) is 0 Å². The van der Waals surface area contributed by atoms with Crippen molar-refractivity contribution in [3.05, 3.63) is 133 Å². The monoisotopic (exact) mass is 594 g/mol. The molecular formula is C39H36BO3P. The molecule has 1 fully saturated rings. The zero-order chi connectivity index (χ0) is 30.5. The Morgan fingerprint density at radius 1 is 0.636 bits per heavy atom. The molecular weight excluding hydrogens is 558 g/mol. The second kappa shape index (κ2) is 10.9. The highest BCUT2D eigenvalue weighted by atomic mass is 31.2. The van der Waals surface area contributed by atoms with E-state index in [1.54, 1.807) is 0 Å². The van der Waals surface area contributed by atoms with Gasteiger partial charge in [-0.2, -0.15) is 0 Å². The number of allylic oxidation sites excluding steroid dienone is 1. The van der Waals surface area contributed by atoms with E-state index in [0.29, 0.717) is 6.42 Å². The Morgan fingerprint density at radius 3 is 1.64 bits per heavy atom. The van der Waals surface area contributed by atoms with Crippen LogP contribution in [-0.2, 0) is 13.9 Å². The molecule has 0 aliphatic carbocycles. The van der Waals surface area contributed by atoms with E-state index in [2.05, 4.69) is 99.6 Å². The number of fused-ring (bicyclic) bond motifs is 3. The molecule has 3 nitrogen and oxygen atoms in total. The van der Waals surface area contributed by atoms with E-state index < -0.39 is 25.5 Å². The number of benzene rings is 6. The lowest BCUT2D eigenvalue weighted by atomic mass is 9.78. The van der Waals surface area contributed by atoms with Crippen LogP contribution in [0.25, 0.3) is 32.3 Å². The summed E-state index contributed by atoms with van der Waals surface area (Å²) in [5.41, 5.74) is -0.329. The van der Waals surface area contributed by atoms with Gasteiger partial charge in [0.15, 0.2) is 7.14 Å². The Morgan fingerprint density at radius 2 is 1.11 bits per heavy atom. The van der Waals surface area contributed by atoms with Gasteiger partial charge in [-0.1, -0.05) is 115 Å². The van der Waals surface area contributed by atoms with Crippen LogP contribution < -0.4 is 21.4 Å².